The highest BCUT2D eigenvalue weighted by Crippen LogP contribution is 2.38. The fraction of sp³-hybridized carbons (Fsp3) is 1.00. The fourth-order valence-electron chi connectivity index (χ4n) is 0.980. The average molecular weight is 235 g/mol. The van der Waals surface area contributed by atoms with Gasteiger partial charge in [0.15, 0.2) is 0 Å². The molecule has 1 fully saturated rings. The highest BCUT2D eigenvalue weighted by atomic mass is 28.1. The molecule has 0 atom stereocenters. The predicted octanol–water partition coefficient (Wildman–Crippen LogP) is 1.09. The van der Waals surface area contributed by atoms with E-state index in [0.29, 0.717) is 0 Å². The summed E-state index contributed by atoms with van der Waals surface area (Å²) in [7, 11) is 4.23. The third kappa shape index (κ3) is 14.1. The minimum atomic E-state index is 0.0741. The van der Waals surface area contributed by atoms with Gasteiger partial charge in [0.1, 0.15) is 5.91 Å². The molecule has 0 heterocycles. The van der Waals surface area contributed by atoms with Crippen LogP contribution in [0.25, 0.3) is 0 Å². The first-order valence-electron chi connectivity index (χ1n) is 5.69. The Morgan fingerprint density at radius 3 is 1.53 bits per heavy atom. The lowest BCUT2D eigenvalue weighted by Gasteiger charge is -2.33. The summed E-state index contributed by atoms with van der Waals surface area (Å²) < 4.78 is 9.48. The molecule has 2 N–H and O–H groups in total. The Labute approximate surface area is 98.1 Å². The van der Waals surface area contributed by atoms with Crippen molar-refractivity contribution in [3.05, 3.63) is 0 Å². The van der Waals surface area contributed by atoms with Crippen molar-refractivity contribution in [2.24, 2.45) is 11.1 Å². The molecule has 0 spiro atoms. The van der Waals surface area contributed by atoms with Gasteiger partial charge in [-0.2, -0.15) is 0 Å². The van der Waals surface area contributed by atoms with Crippen molar-refractivity contribution in [1.82, 2.24) is 0 Å². The molecule has 0 aliphatic heterocycles. The number of hydrogen-bond acceptors (Lipinski definition) is 3. The molecule has 1 aliphatic carbocycles. The SMILES string of the molecule is CC1(C)CCC1.CCN.COC([SiH3])OC. The van der Waals surface area contributed by atoms with Gasteiger partial charge in [0.05, 0.1) is 10.2 Å². The van der Waals surface area contributed by atoms with E-state index in [1.807, 2.05) is 6.92 Å². The van der Waals surface area contributed by atoms with Crippen molar-refractivity contribution in [3.63, 3.8) is 0 Å². The summed E-state index contributed by atoms with van der Waals surface area (Å²) in [5.41, 5.74) is 5.57. The van der Waals surface area contributed by atoms with Crippen molar-refractivity contribution in [1.29, 1.82) is 0 Å². The maximum atomic E-state index is 4.85. The van der Waals surface area contributed by atoms with Gasteiger partial charge in [-0.25, -0.2) is 0 Å². The summed E-state index contributed by atoms with van der Waals surface area (Å²) in [6.45, 7) is 7.31. The fourth-order valence-corrected chi connectivity index (χ4v) is 0.980. The maximum Gasteiger partial charge on any atom is 0.130 e. The summed E-state index contributed by atoms with van der Waals surface area (Å²) in [5, 5.41) is 0. The van der Waals surface area contributed by atoms with Crippen molar-refractivity contribution >= 4 is 10.2 Å². The molecule has 1 saturated carbocycles. The zero-order chi connectivity index (χ0) is 12.3. The van der Waals surface area contributed by atoms with E-state index >= 15 is 0 Å². The van der Waals surface area contributed by atoms with Gasteiger partial charge in [-0.15, -0.1) is 0 Å². The van der Waals surface area contributed by atoms with E-state index in [1.54, 1.807) is 14.2 Å². The van der Waals surface area contributed by atoms with Gasteiger partial charge >= 0.3 is 0 Å². The van der Waals surface area contributed by atoms with Crippen LogP contribution in [0.15, 0.2) is 0 Å². The van der Waals surface area contributed by atoms with Gasteiger partial charge < -0.3 is 15.2 Å². The van der Waals surface area contributed by atoms with E-state index in [0.717, 1.165) is 22.2 Å². The summed E-state index contributed by atoms with van der Waals surface area (Å²) in [5.74, 6) is 0.0741. The van der Waals surface area contributed by atoms with Gasteiger partial charge in [-0.1, -0.05) is 27.2 Å². The normalized spacial score (nSPS) is 17.0. The summed E-state index contributed by atoms with van der Waals surface area (Å²) >= 11 is 0. The molecule has 0 unspecified atom stereocenters. The first-order chi connectivity index (χ1) is 6.93. The molecule has 1 rings (SSSR count). The van der Waals surface area contributed by atoms with Crippen LogP contribution in [-0.4, -0.2) is 36.9 Å². The van der Waals surface area contributed by atoms with Crippen LogP contribution in [0.5, 0.6) is 0 Å². The van der Waals surface area contributed by atoms with E-state index < -0.39 is 0 Å². The highest BCUT2D eigenvalue weighted by molar-refractivity contribution is 6.09. The molecule has 4 heteroatoms. The Balaban J connectivity index is 0. The van der Waals surface area contributed by atoms with Crippen LogP contribution >= 0.6 is 0 Å². The smallest absolute Gasteiger partial charge is 0.130 e. The van der Waals surface area contributed by atoms with Crippen molar-refractivity contribution in [2.45, 2.75) is 45.9 Å². The Morgan fingerprint density at radius 1 is 1.27 bits per heavy atom. The number of rotatable bonds is 2. The summed E-state index contributed by atoms with van der Waals surface area (Å²) in [4.78, 5) is 0. The molecule has 1 aliphatic rings. The van der Waals surface area contributed by atoms with E-state index in [4.69, 9.17) is 15.2 Å². The Morgan fingerprint density at radius 2 is 1.53 bits per heavy atom. The molecule has 0 bridgehead atoms. The topological polar surface area (TPSA) is 44.5 Å². The zero-order valence-electron chi connectivity index (χ0n) is 11.3. The molecule has 0 amide bonds. The summed E-state index contributed by atoms with van der Waals surface area (Å²) in [6, 6.07) is 0. The van der Waals surface area contributed by atoms with Gasteiger partial charge in [-0.3, -0.25) is 0 Å². The Hall–Kier alpha value is 0.0969. The second-order valence-corrected chi connectivity index (χ2v) is 5.41. The Bertz CT molecular complexity index is 122. The van der Waals surface area contributed by atoms with Crippen LogP contribution in [0.2, 0.25) is 0 Å². The molecule has 0 aromatic heterocycles. The minimum Gasteiger partial charge on any atom is -0.361 e. The van der Waals surface area contributed by atoms with E-state index in [2.05, 4.69) is 13.8 Å². The highest BCUT2D eigenvalue weighted by Gasteiger charge is 2.24. The standard InChI is InChI=1S/C6H12.C3H10O2Si.C2H7N/c1-6(2)4-3-5-6;1-4-3(6)5-2;1-2-3/h3-5H2,1-2H3;3H,1-2,6H3;2-3H2,1H3. The third-order valence-corrected chi connectivity index (χ3v) is 3.31. The van der Waals surface area contributed by atoms with E-state index in [1.165, 1.54) is 19.3 Å². The lowest BCUT2D eigenvalue weighted by atomic mass is 9.72. The number of ether oxygens (including phenoxy) is 2. The van der Waals surface area contributed by atoms with Crippen LogP contribution < -0.4 is 5.73 Å². The van der Waals surface area contributed by atoms with Crippen molar-refractivity contribution < 1.29 is 9.47 Å². The van der Waals surface area contributed by atoms with Crippen molar-refractivity contribution in [2.75, 3.05) is 20.8 Å². The van der Waals surface area contributed by atoms with Crippen LogP contribution in [0.3, 0.4) is 0 Å². The number of methoxy groups -OCH3 is 2. The molecule has 0 saturated heterocycles. The van der Waals surface area contributed by atoms with Gasteiger partial charge in [0, 0.05) is 14.2 Å². The molecule has 0 aromatic carbocycles. The Kier molecular flexibility index (Phi) is 12.4. The minimum absolute atomic E-state index is 0.0741. The monoisotopic (exact) mass is 235 g/mol. The average Bonchev–Trinajstić information content (AvgIpc) is 2.17. The molecular formula is C11H29NO2Si. The molecule has 0 radical (unpaired) electrons. The van der Waals surface area contributed by atoms with Crippen LogP contribution in [0, 0.1) is 5.41 Å². The predicted molar refractivity (Wildman–Crippen MR) is 70.1 cm³/mol. The van der Waals surface area contributed by atoms with Crippen molar-refractivity contribution in [3.8, 4) is 0 Å². The van der Waals surface area contributed by atoms with Crippen LogP contribution in [-0.2, 0) is 9.47 Å². The van der Waals surface area contributed by atoms with E-state index in [9.17, 15) is 0 Å². The van der Waals surface area contributed by atoms with Gasteiger partial charge in [0.25, 0.3) is 0 Å². The van der Waals surface area contributed by atoms with Crippen LogP contribution in [0.1, 0.15) is 40.0 Å². The number of nitrogens with two attached hydrogens (primary N) is 1. The first-order valence-corrected chi connectivity index (χ1v) is 6.84. The van der Waals surface area contributed by atoms with Crippen LogP contribution in [0.4, 0.5) is 0 Å². The molecule has 94 valence electrons. The van der Waals surface area contributed by atoms with Gasteiger partial charge in [-0.05, 0) is 24.8 Å². The van der Waals surface area contributed by atoms with E-state index in [-0.39, 0.29) is 5.91 Å². The lowest BCUT2D eigenvalue weighted by molar-refractivity contribution is -0.0411. The quantitative estimate of drug-likeness (QED) is 0.576. The molecule has 3 nitrogen and oxygen atoms in total. The summed E-state index contributed by atoms with van der Waals surface area (Å²) in [6.07, 6.45) is 4.37. The molecular weight excluding hydrogens is 206 g/mol. The zero-order valence-corrected chi connectivity index (χ0v) is 13.3. The second kappa shape index (κ2) is 10.6. The maximum absolute atomic E-state index is 4.85. The lowest BCUT2D eigenvalue weighted by Crippen LogP contribution is -2.20. The number of hydrogen-bond donors (Lipinski definition) is 1. The van der Waals surface area contributed by atoms with Gasteiger partial charge in [0.2, 0.25) is 0 Å². The first kappa shape index (κ1) is 17.5. The largest absolute Gasteiger partial charge is 0.361 e. The second-order valence-electron chi connectivity index (χ2n) is 4.47. The molecule has 0 aromatic rings. The molecule has 15 heavy (non-hydrogen) atoms. The third-order valence-electron chi connectivity index (χ3n) is 2.37.